The lowest BCUT2D eigenvalue weighted by Crippen LogP contribution is -2.38. The van der Waals surface area contributed by atoms with Crippen LogP contribution in [0.15, 0.2) is 0 Å². The molecule has 0 aliphatic carbocycles. The van der Waals surface area contributed by atoms with Crippen molar-refractivity contribution in [3.8, 4) is 0 Å². The molecule has 0 saturated carbocycles. The summed E-state index contributed by atoms with van der Waals surface area (Å²) in [4.78, 5) is 2.52. The summed E-state index contributed by atoms with van der Waals surface area (Å²) in [5.41, 5.74) is 0.0686. The molecule has 2 heteroatoms. The van der Waals surface area contributed by atoms with Crippen LogP contribution in [0.5, 0.6) is 0 Å². The maximum absolute atomic E-state index is 9.22. The van der Waals surface area contributed by atoms with E-state index in [1.807, 2.05) is 0 Å². The van der Waals surface area contributed by atoms with E-state index in [4.69, 9.17) is 0 Å². The predicted octanol–water partition coefficient (Wildman–Crippen LogP) is 2.27. The Morgan fingerprint density at radius 1 is 1.00 bits per heavy atom. The summed E-state index contributed by atoms with van der Waals surface area (Å²) in [6, 6.07) is 0. The van der Waals surface area contributed by atoms with Gasteiger partial charge in [0.25, 0.3) is 0 Å². The molecule has 1 fully saturated rings. The van der Waals surface area contributed by atoms with Crippen molar-refractivity contribution in [2.24, 2.45) is 5.41 Å². The summed E-state index contributed by atoms with van der Waals surface area (Å²) in [5, 5.41) is 9.22. The third-order valence-electron chi connectivity index (χ3n) is 3.03. The van der Waals surface area contributed by atoms with Crippen LogP contribution in [-0.4, -0.2) is 36.2 Å². The molecule has 0 bridgehead atoms. The van der Waals surface area contributed by atoms with Crippen molar-refractivity contribution in [3.05, 3.63) is 0 Å². The van der Waals surface area contributed by atoms with Gasteiger partial charge in [0, 0.05) is 18.6 Å². The van der Waals surface area contributed by atoms with Gasteiger partial charge in [-0.3, -0.25) is 0 Å². The molecule has 1 aliphatic heterocycles. The van der Waals surface area contributed by atoms with Gasteiger partial charge in [0.2, 0.25) is 0 Å². The van der Waals surface area contributed by atoms with Gasteiger partial charge in [-0.25, -0.2) is 0 Å². The second kappa shape index (κ2) is 5.72. The van der Waals surface area contributed by atoms with Crippen molar-refractivity contribution in [2.75, 3.05) is 26.2 Å². The molecule has 0 unspecified atom stereocenters. The van der Waals surface area contributed by atoms with Crippen LogP contribution in [0.2, 0.25) is 0 Å². The molecule has 0 spiro atoms. The number of aliphatic hydroxyl groups is 1. The molecule has 0 radical (unpaired) electrons. The highest BCUT2D eigenvalue weighted by molar-refractivity contribution is 4.74. The van der Waals surface area contributed by atoms with E-state index in [1.165, 1.54) is 45.2 Å². The summed E-state index contributed by atoms with van der Waals surface area (Å²) in [6.45, 7) is 8.08. The number of aliphatic hydroxyl groups excluding tert-OH is 1. The quantitative estimate of drug-likeness (QED) is 0.753. The van der Waals surface area contributed by atoms with Crippen molar-refractivity contribution < 1.29 is 5.11 Å². The molecule has 0 aromatic heterocycles. The summed E-state index contributed by atoms with van der Waals surface area (Å²) >= 11 is 0. The highest BCUT2D eigenvalue weighted by Gasteiger charge is 2.20. The van der Waals surface area contributed by atoms with Crippen LogP contribution in [0.25, 0.3) is 0 Å². The predicted molar refractivity (Wildman–Crippen MR) is 60.4 cm³/mol. The topological polar surface area (TPSA) is 23.5 Å². The number of nitrogens with zero attached hydrogens (tertiary/aromatic N) is 1. The maximum atomic E-state index is 9.22. The zero-order valence-corrected chi connectivity index (χ0v) is 9.76. The van der Waals surface area contributed by atoms with Crippen molar-refractivity contribution in [3.63, 3.8) is 0 Å². The average molecular weight is 199 g/mol. The molecule has 0 aromatic carbocycles. The van der Waals surface area contributed by atoms with Crippen molar-refractivity contribution >= 4 is 0 Å². The minimum atomic E-state index is 0.0686. The minimum Gasteiger partial charge on any atom is -0.396 e. The van der Waals surface area contributed by atoms with E-state index in [1.54, 1.807) is 0 Å². The number of hydrogen-bond donors (Lipinski definition) is 1. The fourth-order valence-corrected chi connectivity index (χ4v) is 2.13. The fourth-order valence-electron chi connectivity index (χ4n) is 2.13. The van der Waals surface area contributed by atoms with Gasteiger partial charge in [0.15, 0.2) is 0 Å². The Bertz CT molecular complexity index is 148. The monoisotopic (exact) mass is 199 g/mol. The highest BCUT2D eigenvalue weighted by Crippen LogP contribution is 2.18. The van der Waals surface area contributed by atoms with E-state index in [9.17, 15) is 5.11 Å². The molecule has 1 aliphatic rings. The Labute approximate surface area is 88.3 Å². The summed E-state index contributed by atoms with van der Waals surface area (Å²) in [6.07, 6.45) is 6.85. The lowest BCUT2D eigenvalue weighted by Gasteiger charge is -2.32. The largest absolute Gasteiger partial charge is 0.396 e. The molecular weight excluding hydrogens is 174 g/mol. The summed E-state index contributed by atoms with van der Waals surface area (Å²) < 4.78 is 0. The van der Waals surface area contributed by atoms with Gasteiger partial charge in [0.1, 0.15) is 0 Å². The SMILES string of the molecule is CC(C)(CO)CN1CCCCCCC1. The third-order valence-corrected chi connectivity index (χ3v) is 3.03. The van der Waals surface area contributed by atoms with Gasteiger partial charge < -0.3 is 10.0 Å². The fraction of sp³-hybridized carbons (Fsp3) is 1.00. The molecule has 2 nitrogen and oxygen atoms in total. The normalized spacial score (nSPS) is 21.6. The Morgan fingerprint density at radius 2 is 1.50 bits per heavy atom. The zero-order chi connectivity index (χ0) is 10.4. The molecular formula is C12H25NO. The van der Waals surface area contributed by atoms with Crippen molar-refractivity contribution in [1.29, 1.82) is 0 Å². The second-order valence-corrected chi connectivity index (χ2v) is 5.37. The van der Waals surface area contributed by atoms with Gasteiger partial charge in [-0.2, -0.15) is 0 Å². The number of likely N-dealkylation sites (tertiary alicyclic amines) is 1. The standard InChI is InChI=1S/C12H25NO/c1-12(2,11-14)10-13-8-6-4-3-5-7-9-13/h14H,3-11H2,1-2H3. The first-order valence-electron chi connectivity index (χ1n) is 5.97. The van der Waals surface area contributed by atoms with Crippen LogP contribution < -0.4 is 0 Å². The van der Waals surface area contributed by atoms with Crippen molar-refractivity contribution in [1.82, 2.24) is 4.90 Å². The molecule has 1 N–H and O–H groups in total. The van der Waals surface area contributed by atoms with Gasteiger partial charge in [-0.15, -0.1) is 0 Å². The van der Waals surface area contributed by atoms with Gasteiger partial charge in [-0.05, 0) is 25.9 Å². The molecule has 0 aromatic rings. The Morgan fingerprint density at radius 3 is 2.00 bits per heavy atom. The van der Waals surface area contributed by atoms with E-state index in [-0.39, 0.29) is 5.41 Å². The van der Waals surface area contributed by atoms with E-state index in [0.717, 1.165) is 6.54 Å². The molecule has 1 rings (SSSR count). The lowest BCUT2D eigenvalue weighted by atomic mass is 9.93. The molecule has 0 amide bonds. The molecule has 0 atom stereocenters. The molecule has 1 saturated heterocycles. The molecule has 84 valence electrons. The zero-order valence-electron chi connectivity index (χ0n) is 9.76. The van der Waals surface area contributed by atoms with Gasteiger partial charge in [-0.1, -0.05) is 33.1 Å². The molecule has 14 heavy (non-hydrogen) atoms. The second-order valence-electron chi connectivity index (χ2n) is 5.37. The first kappa shape index (κ1) is 12.0. The summed E-state index contributed by atoms with van der Waals surface area (Å²) in [5.74, 6) is 0. The highest BCUT2D eigenvalue weighted by atomic mass is 16.3. The van der Waals surface area contributed by atoms with Crippen LogP contribution in [0.1, 0.15) is 46.0 Å². The smallest absolute Gasteiger partial charge is 0.0494 e. The van der Waals surface area contributed by atoms with Crippen LogP contribution >= 0.6 is 0 Å². The van der Waals surface area contributed by atoms with Crippen LogP contribution in [0.4, 0.5) is 0 Å². The van der Waals surface area contributed by atoms with E-state index >= 15 is 0 Å². The van der Waals surface area contributed by atoms with E-state index in [2.05, 4.69) is 18.7 Å². The van der Waals surface area contributed by atoms with Crippen molar-refractivity contribution in [2.45, 2.75) is 46.0 Å². The van der Waals surface area contributed by atoms with Crippen LogP contribution in [0.3, 0.4) is 0 Å². The maximum Gasteiger partial charge on any atom is 0.0494 e. The lowest BCUT2D eigenvalue weighted by molar-refractivity contribution is 0.0981. The van der Waals surface area contributed by atoms with Crippen LogP contribution in [-0.2, 0) is 0 Å². The minimum absolute atomic E-state index is 0.0686. The number of rotatable bonds is 3. The Balaban J connectivity index is 2.33. The average Bonchev–Trinajstić information content (AvgIpc) is 2.10. The Kier molecular flexibility index (Phi) is 4.90. The molecule has 1 heterocycles. The third kappa shape index (κ3) is 4.43. The van der Waals surface area contributed by atoms with Gasteiger partial charge in [0.05, 0.1) is 0 Å². The first-order valence-corrected chi connectivity index (χ1v) is 5.97. The Hall–Kier alpha value is -0.0800. The van der Waals surface area contributed by atoms with Gasteiger partial charge >= 0.3 is 0 Å². The van der Waals surface area contributed by atoms with E-state index < -0.39 is 0 Å². The first-order chi connectivity index (χ1) is 6.64. The summed E-state index contributed by atoms with van der Waals surface area (Å²) in [7, 11) is 0. The number of hydrogen-bond acceptors (Lipinski definition) is 2. The van der Waals surface area contributed by atoms with E-state index in [0.29, 0.717) is 6.61 Å². The van der Waals surface area contributed by atoms with Crippen LogP contribution in [0, 0.1) is 5.41 Å².